The molecular formula is C33H29BrN2O3. The maximum Gasteiger partial charge on any atom is 0.266 e. The van der Waals surface area contributed by atoms with Crippen LogP contribution in [0.2, 0.25) is 0 Å². The van der Waals surface area contributed by atoms with Crippen LogP contribution < -0.4 is 14.8 Å². The van der Waals surface area contributed by atoms with Gasteiger partial charge in [0.1, 0.15) is 36.4 Å². The predicted octanol–water partition coefficient (Wildman–Crippen LogP) is 8.08. The second-order valence-electron chi connectivity index (χ2n) is 9.31. The highest BCUT2D eigenvalue weighted by atomic mass is 79.9. The van der Waals surface area contributed by atoms with Gasteiger partial charge in [-0.15, -0.1) is 0 Å². The van der Waals surface area contributed by atoms with Gasteiger partial charge in [0.2, 0.25) is 0 Å². The summed E-state index contributed by atoms with van der Waals surface area (Å²) in [5.41, 5.74) is 6.88. The van der Waals surface area contributed by atoms with Gasteiger partial charge in [0.25, 0.3) is 5.91 Å². The third-order valence-corrected chi connectivity index (χ3v) is 6.73. The lowest BCUT2D eigenvalue weighted by Crippen LogP contribution is -2.13. The highest BCUT2D eigenvalue weighted by molar-refractivity contribution is 9.10. The van der Waals surface area contributed by atoms with Gasteiger partial charge in [-0.3, -0.25) is 4.79 Å². The van der Waals surface area contributed by atoms with Gasteiger partial charge in [-0.2, -0.15) is 5.26 Å². The zero-order valence-corrected chi connectivity index (χ0v) is 23.7. The average molecular weight is 582 g/mol. The number of ether oxygens (including phenoxy) is 2. The molecular weight excluding hydrogens is 552 g/mol. The van der Waals surface area contributed by atoms with Crippen molar-refractivity contribution in [3.63, 3.8) is 0 Å². The first-order valence-electron chi connectivity index (χ1n) is 12.5. The first kappa shape index (κ1) is 27.7. The summed E-state index contributed by atoms with van der Waals surface area (Å²) in [5.74, 6) is 0.752. The monoisotopic (exact) mass is 580 g/mol. The molecule has 0 aromatic heterocycles. The maximum absolute atomic E-state index is 12.9. The van der Waals surface area contributed by atoms with Gasteiger partial charge in [0.15, 0.2) is 0 Å². The van der Waals surface area contributed by atoms with E-state index in [2.05, 4.69) is 47.2 Å². The van der Waals surface area contributed by atoms with E-state index in [1.807, 2.05) is 61.5 Å². The van der Waals surface area contributed by atoms with Crippen LogP contribution >= 0.6 is 15.9 Å². The Kier molecular flexibility index (Phi) is 9.19. The first-order chi connectivity index (χ1) is 18.8. The predicted molar refractivity (Wildman–Crippen MR) is 159 cm³/mol. The van der Waals surface area contributed by atoms with Crippen LogP contribution in [0.5, 0.6) is 11.5 Å². The molecule has 5 nitrogen and oxygen atoms in total. The molecule has 4 aromatic carbocycles. The lowest BCUT2D eigenvalue weighted by atomic mass is 10.1. The molecule has 0 fully saturated rings. The summed E-state index contributed by atoms with van der Waals surface area (Å²) >= 11 is 3.47. The van der Waals surface area contributed by atoms with Crippen LogP contribution in [0, 0.1) is 32.1 Å². The molecule has 0 bridgehead atoms. The van der Waals surface area contributed by atoms with Crippen LogP contribution in [0.3, 0.4) is 0 Å². The lowest BCUT2D eigenvalue weighted by Gasteiger charge is -2.12. The standard InChI is InChI=1S/C33H29BrN2O3/c1-22-4-7-25(8-5-22)20-38-31-13-11-30(12-14-31)36-33(37)28(19-35)17-27-18-29(34)10-15-32(27)39-21-26-9-6-23(2)24(3)16-26/h4-18H,20-21H2,1-3H3,(H,36,37)/b28-17+. The number of nitriles is 1. The van der Waals surface area contributed by atoms with Crippen molar-refractivity contribution in [2.24, 2.45) is 0 Å². The smallest absolute Gasteiger partial charge is 0.266 e. The summed E-state index contributed by atoms with van der Waals surface area (Å²) in [5, 5.41) is 12.5. The van der Waals surface area contributed by atoms with Crippen molar-refractivity contribution in [1.29, 1.82) is 5.26 Å². The Morgan fingerprint density at radius 2 is 1.54 bits per heavy atom. The quantitative estimate of drug-likeness (QED) is 0.160. The summed E-state index contributed by atoms with van der Waals surface area (Å²) in [7, 11) is 0. The molecule has 0 heterocycles. The molecule has 0 radical (unpaired) electrons. The first-order valence-corrected chi connectivity index (χ1v) is 13.3. The third kappa shape index (κ3) is 7.83. The highest BCUT2D eigenvalue weighted by Crippen LogP contribution is 2.27. The minimum atomic E-state index is -0.508. The molecule has 4 rings (SSSR count). The second-order valence-corrected chi connectivity index (χ2v) is 10.2. The molecule has 0 saturated heterocycles. The maximum atomic E-state index is 12.9. The number of amides is 1. The average Bonchev–Trinajstić information content (AvgIpc) is 2.93. The normalized spacial score (nSPS) is 11.0. The number of carbonyl (C=O) groups excluding carboxylic acids is 1. The number of hydrogen-bond acceptors (Lipinski definition) is 4. The molecule has 0 saturated carbocycles. The van der Waals surface area contributed by atoms with Crippen LogP contribution in [0.4, 0.5) is 5.69 Å². The van der Waals surface area contributed by atoms with Gasteiger partial charge in [-0.05, 0) is 91.6 Å². The molecule has 39 heavy (non-hydrogen) atoms. The van der Waals surface area contributed by atoms with E-state index in [0.717, 1.165) is 15.6 Å². The number of nitrogens with one attached hydrogen (secondary N) is 1. The number of hydrogen-bond donors (Lipinski definition) is 1. The summed E-state index contributed by atoms with van der Waals surface area (Å²) in [6, 6.07) is 28.9. The van der Waals surface area contributed by atoms with Gasteiger partial charge in [-0.25, -0.2) is 0 Å². The van der Waals surface area contributed by atoms with Gasteiger partial charge in [-0.1, -0.05) is 64.0 Å². The molecule has 1 amide bonds. The minimum Gasteiger partial charge on any atom is -0.489 e. The van der Waals surface area contributed by atoms with Gasteiger partial charge in [0.05, 0.1) is 0 Å². The summed E-state index contributed by atoms with van der Waals surface area (Å²) in [6.45, 7) is 7.00. The van der Waals surface area contributed by atoms with Gasteiger partial charge >= 0.3 is 0 Å². The Morgan fingerprint density at radius 3 is 2.23 bits per heavy atom. The number of halogens is 1. The Bertz CT molecular complexity index is 1540. The molecule has 0 aliphatic rings. The fourth-order valence-electron chi connectivity index (χ4n) is 3.81. The molecule has 0 unspecified atom stereocenters. The van der Waals surface area contributed by atoms with Gasteiger partial charge in [0, 0.05) is 15.7 Å². The van der Waals surface area contributed by atoms with E-state index < -0.39 is 5.91 Å². The van der Waals surface area contributed by atoms with E-state index in [0.29, 0.717) is 36.0 Å². The van der Waals surface area contributed by atoms with Crippen molar-refractivity contribution in [1.82, 2.24) is 0 Å². The van der Waals surface area contributed by atoms with Crippen LogP contribution in [0.15, 0.2) is 95.0 Å². The van der Waals surface area contributed by atoms with Crippen LogP contribution in [0.1, 0.15) is 33.4 Å². The van der Waals surface area contributed by atoms with E-state index in [1.165, 1.54) is 22.8 Å². The molecule has 6 heteroatoms. The molecule has 1 N–H and O–H groups in total. The number of aryl methyl sites for hydroxylation is 3. The number of carbonyl (C=O) groups is 1. The molecule has 0 aliphatic carbocycles. The Balaban J connectivity index is 1.42. The molecule has 0 aliphatic heterocycles. The number of anilines is 1. The van der Waals surface area contributed by atoms with Crippen molar-refractivity contribution in [3.8, 4) is 17.6 Å². The molecule has 196 valence electrons. The van der Waals surface area contributed by atoms with E-state index in [9.17, 15) is 10.1 Å². The van der Waals surface area contributed by atoms with Crippen molar-refractivity contribution >= 4 is 33.6 Å². The van der Waals surface area contributed by atoms with E-state index in [1.54, 1.807) is 24.3 Å². The largest absolute Gasteiger partial charge is 0.489 e. The Labute approximate surface area is 237 Å². The number of nitrogens with zero attached hydrogens (tertiary/aromatic N) is 1. The molecule has 0 spiro atoms. The fourth-order valence-corrected chi connectivity index (χ4v) is 4.18. The zero-order valence-electron chi connectivity index (χ0n) is 22.1. The van der Waals surface area contributed by atoms with Crippen LogP contribution in [-0.4, -0.2) is 5.91 Å². The SMILES string of the molecule is Cc1ccc(COc2ccc(NC(=O)/C(C#N)=C/c3cc(Br)ccc3OCc3ccc(C)c(C)c3)cc2)cc1. The highest BCUT2D eigenvalue weighted by Gasteiger charge is 2.13. The Morgan fingerprint density at radius 1 is 0.846 bits per heavy atom. The van der Waals surface area contributed by atoms with Crippen molar-refractivity contribution < 1.29 is 14.3 Å². The molecule has 4 aromatic rings. The molecule has 0 atom stereocenters. The lowest BCUT2D eigenvalue weighted by molar-refractivity contribution is -0.112. The van der Waals surface area contributed by atoms with Crippen molar-refractivity contribution in [3.05, 3.63) is 128 Å². The second kappa shape index (κ2) is 12.9. The van der Waals surface area contributed by atoms with Crippen LogP contribution in [-0.2, 0) is 18.0 Å². The van der Waals surface area contributed by atoms with E-state index >= 15 is 0 Å². The van der Waals surface area contributed by atoms with E-state index in [-0.39, 0.29) is 5.57 Å². The number of rotatable bonds is 9. The zero-order chi connectivity index (χ0) is 27.8. The Hall–Kier alpha value is -4.34. The summed E-state index contributed by atoms with van der Waals surface area (Å²) in [4.78, 5) is 12.9. The van der Waals surface area contributed by atoms with Crippen molar-refractivity contribution in [2.75, 3.05) is 5.32 Å². The fraction of sp³-hybridized carbons (Fsp3) is 0.152. The topological polar surface area (TPSA) is 71.3 Å². The third-order valence-electron chi connectivity index (χ3n) is 6.24. The summed E-state index contributed by atoms with van der Waals surface area (Å²) in [6.07, 6.45) is 1.54. The van der Waals surface area contributed by atoms with Gasteiger partial charge < -0.3 is 14.8 Å². The van der Waals surface area contributed by atoms with Crippen LogP contribution in [0.25, 0.3) is 6.08 Å². The van der Waals surface area contributed by atoms with Crippen molar-refractivity contribution in [2.45, 2.75) is 34.0 Å². The number of benzene rings is 4. The minimum absolute atomic E-state index is 0.0381. The summed E-state index contributed by atoms with van der Waals surface area (Å²) < 4.78 is 12.7. The van der Waals surface area contributed by atoms with E-state index in [4.69, 9.17) is 9.47 Å².